The summed E-state index contributed by atoms with van der Waals surface area (Å²) in [7, 11) is 0. The van der Waals surface area contributed by atoms with Crippen molar-refractivity contribution in [2.75, 3.05) is 11.1 Å². The number of hydrogen-bond acceptors (Lipinski definition) is 5. The number of nitrogens with one attached hydrogen (secondary N) is 1. The lowest BCUT2D eigenvalue weighted by Crippen LogP contribution is -1.98. The topological polar surface area (TPSA) is 87.6 Å². The molecule has 0 atom stereocenters. The van der Waals surface area contributed by atoms with E-state index in [1.165, 1.54) is 0 Å². The summed E-state index contributed by atoms with van der Waals surface area (Å²) in [4.78, 5) is 8.68. The highest BCUT2D eigenvalue weighted by Crippen LogP contribution is 2.20. The van der Waals surface area contributed by atoms with Crippen LogP contribution in [0.2, 0.25) is 0 Å². The third kappa shape index (κ3) is 3.02. The van der Waals surface area contributed by atoms with Gasteiger partial charge in [-0.1, -0.05) is 12.1 Å². The van der Waals surface area contributed by atoms with Crippen LogP contribution in [0.4, 0.5) is 17.3 Å². The molecule has 0 fully saturated rings. The Hall–Kier alpha value is -3.39. The Balaban J connectivity index is 1.89. The predicted molar refractivity (Wildman–Crippen MR) is 86.3 cm³/mol. The van der Waals surface area contributed by atoms with Gasteiger partial charge in [0.15, 0.2) is 0 Å². The molecule has 0 amide bonds. The first-order valence-electron chi connectivity index (χ1n) is 6.71. The van der Waals surface area contributed by atoms with Crippen molar-refractivity contribution in [3.8, 4) is 17.3 Å². The highest BCUT2D eigenvalue weighted by molar-refractivity contribution is 5.64. The average Bonchev–Trinajstić information content (AvgIpc) is 2.57. The van der Waals surface area contributed by atoms with Crippen LogP contribution in [0.5, 0.6) is 0 Å². The third-order valence-electron chi connectivity index (χ3n) is 3.11. The van der Waals surface area contributed by atoms with E-state index in [0.717, 1.165) is 16.9 Å². The van der Waals surface area contributed by atoms with Crippen LogP contribution in [0.1, 0.15) is 5.56 Å². The Morgan fingerprint density at radius 2 is 1.86 bits per heavy atom. The second kappa shape index (κ2) is 5.94. The number of nitrogen functional groups attached to an aromatic ring is 1. The molecule has 0 saturated carbocycles. The van der Waals surface area contributed by atoms with E-state index in [0.29, 0.717) is 17.2 Å². The number of benzene rings is 2. The van der Waals surface area contributed by atoms with Gasteiger partial charge in [-0.05, 0) is 42.5 Å². The van der Waals surface area contributed by atoms with Crippen molar-refractivity contribution >= 4 is 17.3 Å². The molecule has 0 aliphatic carbocycles. The lowest BCUT2D eigenvalue weighted by atomic mass is 10.1. The van der Waals surface area contributed by atoms with Gasteiger partial charge in [-0.25, -0.2) is 9.97 Å². The molecule has 106 valence electrons. The van der Waals surface area contributed by atoms with Gasteiger partial charge >= 0.3 is 0 Å². The monoisotopic (exact) mass is 287 g/mol. The highest BCUT2D eigenvalue weighted by Gasteiger charge is 2.04. The Labute approximate surface area is 128 Å². The summed E-state index contributed by atoms with van der Waals surface area (Å²) in [5.74, 6) is 0.490. The zero-order valence-electron chi connectivity index (χ0n) is 11.7. The van der Waals surface area contributed by atoms with Gasteiger partial charge in [-0.15, -0.1) is 0 Å². The molecule has 3 N–H and O–H groups in total. The standard InChI is InChI=1S/C17H13N5/c18-11-12-2-1-3-13(10-12)16-8-9-20-17(22-16)21-15-6-4-14(19)5-7-15/h1-10H,19H2,(H,20,21,22). The van der Waals surface area contributed by atoms with Gasteiger partial charge in [0.05, 0.1) is 17.3 Å². The maximum atomic E-state index is 8.98. The molecule has 2 aromatic carbocycles. The molecular formula is C17H13N5. The number of rotatable bonds is 3. The molecule has 3 aromatic rings. The van der Waals surface area contributed by atoms with Crippen molar-refractivity contribution in [1.29, 1.82) is 5.26 Å². The van der Waals surface area contributed by atoms with Gasteiger partial charge < -0.3 is 11.1 Å². The molecule has 3 rings (SSSR count). The largest absolute Gasteiger partial charge is 0.399 e. The van der Waals surface area contributed by atoms with Gasteiger partial charge in [0.2, 0.25) is 5.95 Å². The normalized spacial score (nSPS) is 9.95. The van der Waals surface area contributed by atoms with E-state index in [4.69, 9.17) is 11.0 Å². The summed E-state index contributed by atoms with van der Waals surface area (Å²) in [6, 6.07) is 18.6. The van der Waals surface area contributed by atoms with Gasteiger partial charge in [0.1, 0.15) is 0 Å². The van der Waals surface area contributed by atoms with Gasteiger partial charge in [0, 0.05) is 23.1 Å². The fraction of sp³-hybridized carbons (Fsp3) is 0. The third-order valence-corrected chi connectivity index (χ3v) is 3.11. The van der Waals surface area contributed by atoms with Crippen molar-refractivity contribution in [2.45, 2.75) is 0 Å². The van der Waals surface area contributed by atoms with Crippen LogP contribution in [-0.2, 0) is 0 Å². The smallest absolute Gasteiger partial charge is 0.227 e. The lowest BCUT2D eigenvalue weighted by molar-refractivity contribution is 1.17. The summed E-state index contributed by atoms with van der Waals surface area (Å²) < 4.78 is 0. The van der Waals surface area contributed by atoms with E-state index < -0.39 is 0 Å². The second-order valence-electron chi connectivity index (χ2n) is 4.71. The molecule has 1 heterocycles. The summed E-state index contributed by atoms with van der Waals surface area (Å²) in [5, 5.41) is 12.1. The van der Waals surface area contributed by atoms with E-state index in [1.54, 1.807) is 18.3 Å². The summed E-state index contributed by atoms with van der Waals surface area (Å²) >= 11 is 0. The molecule has 0 unspecified atom stereocenters. The van der Waals surface area contributed by atoms with E-state index in [1.807, 2.05) is 42.5 Å². The summed E-state index contributed by atoms with van der Waals surface area (Å²) in [6.07, 6.45) is 1.68. The first-order valence-corrected chi connectivity index (χ1v) is 6.71. The molecule has 0 radical (unpaired) electrons. The molecule has 5 nitrogen and oxygen atoms in total. The van der Waals surface area contributed by atoms with Crippen molar-refractivity contribution < 1.29 is 0 Å². The minimum Gasteiger partial charge on any atom is -0.399 e. The van der Waals surface area contributed by atoms with Crippen LogP contribution in [0.15, 0.2) is 60.8 Å². The zero-order valence-corrected chi connectivity index (χ0v) is 11.7. The van der Waals surface area contributed by atoms with Crippen molar-refractivity contribution in [1.82, 2.24) is 9.97 Å². The SMILES string of the molecule is N#Cc1cccc(-c2ccnc(Nc3ccc(N)cc3)n2)c1. The minimum absolute atomic E-state index is 0.490. The number of aromatic nitrogens is 2. The average molecular weight is 287 g/mol. The van der Waals surface area contributed by atoms with E-state index in [2.05, 4.69) is 21.4 Å². The molecule has 0 spiro atoms. The Kier molecular flexibility index (Phi) is 3.67. The fourth-order valence-corrected chi connectivity index (χ4v) is 2.02. The lowest BCUT2D eigenvalue weighted by Gasteiger charge is -2.07. The van der Waals surface area contributed by atoms with Crippen LogP contribution >= 0.6 is 0 Å². The van der Waals surface area contributed by atoms with Gasteiger partial charge in [-0.2, -0.15) is 5.26 Å². The second-order valence-corrected chi connectivity index (χ2v) is 4.71. The minimum atomic E-state index is 0.490. The van der Waals surface area contributed by atoms with Crippen LogP contribution in [-0.4, -0.2) is 9.97 Å². The number of nitrogens with two attached hydrogens (primary N) is 1. The molecule has 1 aromatic heterocycles. The van der Waals surface area contributed by atoms with Crippen LogP contribution in [0, 0.1) is 11.3 Å². The molecule has 0 saturated heterocycles. The van der Waals surface area contributed by atoms with E-state index >= 15 is 0 Å². The Morgan fingerprint density at radius 1 is 1.05 bits per heavy atom. The van der Waals surface area contributed by atoms with Crippen molar-refractivity contribution in [2.24, 2.45) is 0 Å². The Bertz CT molecular complexity index is 834. The highest BCUT2D eigenvalue weighted by atomic mass is 15.1. The van der Waals surface area contributed by atoms with Gasteiger partial charge in [0.25, 0.3) is 0 Å². The number of hydrogen-bond donors (Lipinski definition) is 2. The first-order chi connectivity index (χ1) is 10.7. The number of nitrogens with zero attached hydrogens (tertiary/aromatic N) is 3. The Morgan fingerprint density at radius 3 is 2.64 bits per heavy atom. The summed E-state index contributed by atoms with van der Waals surface area (Å²) in [5.41, 5.74) is 9.46. The summed E-state index contributed by atoms with van der Waals surface area (Å²) in [6.45, 7) is 0. The maximum Gasteiger partial charge on any atom is 0.227 e. The van der Waals surface area contributed by atoms with Crippen LogP contribution in [0.25, 0.3) is 11.3 Å². The van der Waals surface area contributed by atoms with E-state index in [-0.39, 0.29) is 0 Å². The fourth-order valence-electron chi connectivity index (χ4n) is 2.02. The van der Waals surface area contributed by atoms with Gasteiger partial charge in [-0.3, -0.25) is 0 Å². The van der Waals surface area contributed by atoms with Crippen molar-refractivity contribution in [3.63, 3.8) is 0 Å². The number of nitriles is 1. The quantitative estimate of drug-likeness (QED) is 0.721. The first kappa shape index (κ1) is 13.6. The number of anilines is 3. The molecule has 5 heteroatoms. The van der Waals surface area contributed by atoms with Crippen LogP contribution in [0.3, 0.4) is 0 Å². The van der Waals surface area contributed by atoms with E-state index in [9.17, 15) is 0 Å². The molecular weight excluding hydrogens is 274 g/mol. The molecule has 22 heavy (non-hydrogen) atoms. The molecule has 0 aliphatic heterocycles. The zero-order chi connectivity index (χ0) is 15.4. The van der Waals surface area contributed by atoms with Crippen molar-refractivity contribution in [3.05, 3.63) is 66.4 Å². The maximum absolute atomic E-state index is 8.98. The van der Waals surface area contributed by atoms with Crippen LogP contribution < -0.4 is 11.1 Å². The molecule has 0 bridgehead atoms. The predicted octanol–water partition coefficient (Wildman–Crippen LogP) is 3.34. The molecule has 0 aliphatic rings.